The highest BCUT2D eigenvalue weighted by molar-refractivity contribution is 7.90. The van der Waals surface area contributed by atoms with Gasteiger partial charge in [-0.25, -0.2) is 70.2 Å². The second-order valence-corrected chi connectivity index (χ2v) is 18.6. The lowest BCUT2D eigenvalue weighted by Crippen LogP contribution is -2.43. The first-order chi connectivity index (χ1) is 32.4. The molecule has 0 fully saturated rings. The Kier molecular flexibility index (Phi) is 18.1. The number of hydrogen-bond acceptors (Lipinski definition) is 14. The van der Waals surface area contributed by atoms with Crippen LogP contribution < -0.4 is 30.7 Å². The van der Waals surface area contributed by atoms with Crippen LogP contribution in [0.5, 0.6) is 0 Å². The number of esters is 1. The highest BCUT2D eigenvalue weighted by atomic mass is 32.2. The van der Waals surface area contributed by atoms with Crippen molar-refractivity contribution in [2.75, 3.05) is 23.1 Å². The Bertz CT molecular complexity index is 3020. The van der Waals surface area contributed by atoms with Gasteiger partial charge in [-0.3, -0.25) is 10.6 Å². The number of methoxy groups -OCH3 is 1. The molecule has 0 saturated carbocycles. The lowest BCUT2D eigenvalue weighted by atomic mass is 9.95. The minimum atomic E-state index is -4.37. The van der Waals surface area contributed by atoms with Crippen molar-refractivity contribution in [2.45, 2.75) is 63.8 Å². The standard InChI is InChI=1S/C17H20N2O.C15H16N4O5S.C14H14N4O5S/c1-13-9-11-15(12-10-13)18-16(20)19-17(2,3)14-7-5-4-6-8-14;1-9-8-10(2)17-14(16-9)18-15(21)19-25(22,23)12-7-5-4-6-11(12)13(20)24-3;1-8-7-9(2)16-13(15-8)17-14(21)18-24(22,23)11-6-4-3-5-10(11)12(19)20/h4-12H,1-3H3,(H2,18,19,20);4-8H,1-3H3,(H2,16,17,18,19,21);3-7H,1-2H3,(H,19,20)(H2,15,16,17,18,21). The van der Waals surface area contributed by atoms with Gasteiger partial charge >= 0.3 is 30.0 Å². The fraction of sp³-hybridized carbons (Fsp3) is 0.196. The molecule has 0 unspecified atom stereocenters. The predicted octanol–water partition coefficient (Wildman–Crippen LogP) is 6.74. The number of urea groups is 3. The van der Waals surface area contributed by atoms with Crippen LogP contribution in [-0.2, 0) is 30.3 Å². The summed E-state index contributed by atoms with van der Waals surface area (Å²) in [5.74, 6) is -2.36. The predicted molar refractivity (Wildman–Crippen MR) is 256 cm³/mol. The molecule has 0 bridgehead atoms. The first-order valence-corrected chi connectivity index (χ1v) is 23.4. The van der Waals surface area contributed by atoms with E-state index in [0.717, 1.165) is 30.5 Å². The van der Waals surface area contributed by atoms with Crippen molar-refractivity contribution < 1.29 is 50.7 Å². The van der Waals surface area contributed by atoms with Crippen LogP contribution in [0.2, 0.25) is 0 Å². The second-order valence-electron chi connectivity index (χ2n) is 15.3. The van der Waals surface area contributed by atoms with Crippen molar-refractivity contribution >= 4 is 67.7 Å². The third kappa shape index (κ3) is 16.2. The minimum absolute atomic E-state index is 0.0357. The number of benzene rings is 4. The van der Waals surface area contributed by atoms with Crippen LogP contribution in [-0.4, -0.2) is 79.0 Å². The number of rotatable bonds is 11. The van der Waals surface area contributed by atoms with E-state index in [-0.39, 0.29) is 28.4 Å². The topological polar surface area (TPSA) is 307 Å². The van der Waals surface area contributed by atoms with E-state index in [1.54, 1.807) is 44.5 Å². The number of carboxylic acid groups (broad SMARTS) is 1. The normalized spacial score (nSPS) is 10.9. The van der Waals surface area contributed by atoms with Gasteiger partial charge in [-0.05, 0) is 103 Å². The molecule has 0 atom stereocenters. The van der Waals surface area contributed by atoms with E-state index in [9.17, 15) is 40.8 Å². The molecule has 0 aliphatic heterocycles. The zero-order chi connectivity index (χ0) is 51.1. The molecule has 21 nitrogen and oxygen atoms in total. The number of amides is 6. The number of carboxylic acids is 1. The third-order valence-electron chi connectivity index (χ3n) is 9.09. The number of sulfonamides is 2. The molecular formula is C46H50N10O11S2. The Labute approximate surface area is 398 Å². The highest BCUT2D eigenvalue weighted by Crippen LogP contribution is 2.21. The molecule has 0 aliphatic carbocycles. The van der Waals surface area contributed by atoms with Crippen molar-refractivity contribution in [2.24, 2.45) is 0 Å². The van der Waals surface area contributed by atoms with Gasteiger partial charge in [-0.1, -0.05) is 72.3 Å². The van der Waals surface area contributed by atoms with Crippen molar-refractivity contribution in [1.82, 2.24) is 34.7 Å². The summed E-state index contributed by atoms with van der Waals surface area (Å²) < 4.78 is 57.3. The summed E-state index contributed by atoms with van der Waals surface area (Å²) >= 11 is 0. The van der Waals surface area contributed by atoms with Crippen molar-refractivity contribution in [3.63, 3.8) is 0 Å². The molecule has 362 valence electrons. The SMILES string of the molecule is COC(=O)c1ccccc1S(=O)(=O)NC(=O)Nc1nc(C)cc(C)n1.Cc1cc(C)nc(NC(=O)NS(=O)(=O)c2ccccc2C(=O)O)n1.Cc1ccc(NC(=O)NC(C)(C)c2ccccc2)cc1. The number of carbonyl (C=O) groups is 5. The molecule has 0 aliphatic rings. The zero-order valence-electron chi connectivity index (χ0n) is 38.6. The van der Waals surface area contributed by atoms with Gasteiger partial charge in [0.25, 0.3) is 20.0 Å². The van der Waals surface area contributed by atoms with Gasteiger partial charge in [0.2, 0.25) is 11.9 Å². The van der Waals surface area contributed by atoms with E-state index in [1.807, 2.05) is 80.1 Å². The highest BCUT2D eigenvalue weighted by Gasteiger charge is 2.26. The summed E-state index contributed by atoms with van der Waals surface area (Å²) in [6.45, 7) is 12.8. The number of carbonyl (C=O) groups excluding carboxylic acids is 4. The quantitative estimate of drug-likeness (QED) is 0.0661. The Hall–Kier alpha value is -8.31. The molecule has 0 radical (unpaired) electrons. The number of nitrogens with one attached hydrogen (secondary N) is 6. The van der Waals surface area contributed by atoms with E-state index < -0.39 is 60.0 Å². The largest absolute Gasteiger partial charge is 0.478 e. The maximum absolute atomic E-state index is 12.4. The molecule has 6 aromatic rings. The van der Waals surface area contributed by atoms with Gasteiger partial charge in [0.1, 0.15) is 9.79 Å². The number of aromatic nitrogens is 4. The fourth-order valence-electron chi connectivity index (χ4n) is 6.04. The minimum Gasteiger partial charge on any atom is -0.478 e. The summed E-state index contributed by atoms with van der Waals surface area (Å²) in [7, 11) is -7.55. The van der Waals surface area contributed by atoms with E-state index in [4.69, 9.17) is 5.11 Å². The molecule has 23 heteroatoms. The summed E-state index contributed by atoms with van der Waals surface area (Å²) in [4.78, 5) is 73.7. The Balaban J connectivity index is 0.000000227. The molecule has 2 heterocycles. The Morgan fingerprint density at radius 3 is 1.38 bits per heavy atom. The van der Waals surface area contributed by atoms with E-state index in [1.165, 1.54) is 42.0 Å². The van der Waals surface area contributed by atoms with Crippen LogP contribution in [0.4, 0.5) is 32.0 Å². The fourth-order valence-corrected chi connectivity index (χ4v) is 8.25. The van der Waals surface area contributed by atoms with Gasteiger partial charge in [0.05, 0.1) is 23.8 Å². The van der Waals surface area contributed by atoms with Crippen LogP contribution in [0.3, 0.4) is 0 Å². The molecule has 6 amide bonds. The maximum Gasteiger partial charge on any atom is 0.339 e. The van der Waals surface area contributed by atoms with Gasteiger partial charge in [0.15, 0.2) is 0 Å². The average Bonchev–Trinajstić information content (AvgIpc) is 3.26. The molecule has 7 N–H and O–H groups in total. The summed E-state index contributed by atoms with van der Waals surface area (Å²) in [5.41, 5.74) is 4.39. The summed E-state index contributed by atoms with van der Waals surface area (Å²) in [6.07, 6.45) is 0. The maximum atomic E-state index is 12.4. The Morgan fingerprint density at radius 1 is 0.536 bits per heavy atom. The molecule has 0 spiro atoms. The first kappa shape index (κ1) is 53.3. The smallest absolute Gasteiger partial charge is 0.339 e. The molecular weight excluding hydrogens is 933 g/mol. The van der Waals surface area contributed by atoms with Gasteiger partial charge in [0, 0.05) is 28.5 Å². The molecule has 6 rings (SSSR count). The number of nitrogens with zero attached hydrogens (tertiary/aromatic N) is 4. The van der Waals surface area contributed by atoms with Crippen LogP contribution >= 0.6 is 0 Å². The first-order valence-electron chi connectivity index (χ1n) is 20.4. The van der Waals surface area contributed by atoms with Crippen LogP contribution in [0.1, 0.15) is 68.5 Å². The lowest BCUT2D eigenvalue weighted by Gasteiger charge is -2.27. The molecule has 69 heavy (non-hydrogen) atoms. The van der Waals surface area contributed by atoms with E-state index in [2.05, 4.69) is 45.9 Å². The zero-order valence-corrected chi connectivity index (χ0v) is 40.2. The number of anilines is 3. The summed E-state index contributed by atoms with van der Waals surface area (Å²) in [6, 6.07) is 29.0. The average molecular weight is 983 g/mol. The van der Waals surface area contributed by atoms with Crippen LogP contribution in [0, 0.1) is 34.6 Å². The molecule has 2 aromatic heterocycles. The van der Waals surface area contributed by atoms with Crippen molar-refractivity contribution in [1.29, 1.82) is 0 Å². The number of aryl methyl sites for hydroxylation is 5. The number of ether oxygens (including phenoxy) is 1. The molecule has 4 aromatic carbocycles. The lowest BCUT2D eigenvalue weighted by molar-refractivity contribution is 0.0595. The Morgan fingerprint density at radius 2 is 0.942 bits per heavy atom. The van der Waals surface area contributed by atoms with Gasteiger partial charge in [-0.2, -0.15) is 0 Å². The molecule has 0 saturated heterocycles. The van der Waals surface area contributed by atoms with E-state index in [0.29, 0.717) is 22.8 Å². The van der Waals surface area contributed by atoms with E-state index >= 15 is 0 Å². The monoisotopic (exact) mass is 982 g/mol. The third-order valence-corrected chi connectivity index (χ3v) is 11.9. The van der Waals surface area contributed by atoms with Gasteiger partial charge in [-0.15, -0.1) is 0 Å². The number of hydrogen-bond donors (Lipinski definition) is 7. The summed E-state index contributed by atoms with van der Waals surface area (Å²) in [5, 5.41) is 19.3. The van der Waals surface area contributed by atoms with Crippen molar-refractivity contribution in [3.05, 3.63) is 160 Å². The van der Waals surface area contributed by atoms with Gasteiger partial charge < -0.3 is 20.5 Å². The van der Waals surface area contributed by atoms with Crippen molar-refractivity contribution in [3.8, 4) is 0 Å². The van der Waals surface area contributed by atoms with Crippen LogP contribution in [0.25, 0.3) is 0 Å². The number of aromatic carboxylic acids is 1. The second kappa shape index (κ2) is 23.4. The van der Waals surface area contributed by atoms with Crippen LogP contribution in [0.15, 0.2) is 125 Å².